The lowest BCUT2D eigenvalue weighted by Crippen LogP contribution is -2.11. The minimum absolute atomic E-state index is 0.362. The van der Waals surface area contributed by atoms with Crippen molar-refractivity contribution in [3.63, 3.8) is 0 Å². The van der Waals surface area contributed by atoms with E-state index in [1.165, 1.54) is 0 Å². The topological polar surface area (TPSA) is 32.3 Å². The molecule has 0 aliphatic rings. The zero-order valence-electron chi connectivity index (χ0n) is 8.82. The van der Waals surface area contributed by atoms with Crippen LogP contribution in [0.1, 0.15) is 16.7 Å². The molecule has 0 aromatic heterocycles. The van der Waals surface area contributed by atoms with Gasteiger partial charge in [0, 0.05) is 5.02 Å². The standard InChI is InChI=1S/C11H16ClNO/c1-7-6-10(12)9(4-5-13-3)8(2)11(7)14/h6,13-14H,4-5H2,1-3H3. The number of phenolic OH excluding ortho intramolecular Hbond substituents is 1. The summed E-state index contributed by atoms with van der Waals surface area (Å²) in [5.41, 5.74) is 2.76. The molecule has 0 aliphatic carbocycles. The molecular weight excluding hydrogens is 198 g/mol. The lowest BCUT2D eigenvalue weighted by molar-refractivity contribution is 0.466. The van der Waals surface area contributed by atoms with E-state index in [0.717, 1.165) is 34.7 Å². The van der Waals surface area contributed by atoms with Crippen LogP contribution >= 0.6 is 11.6 Å². The van der Waals surface area contributed by atoms with Gasteiger partial charge in [-0.15, -0.1) is 0 Å². The third-order valence-corrected chi connectivity index (χ3v) is 2.78. The van der Waals surface area contributed by atoms with Crippen LogP contribution in [0.4, 0.5) is 0 Å². The van der Waals surface area contributed by atoms with E-state index < -0.39 is 0 Å². The van der Waals surface area contributed by atoms with Gasteiger partial charge in [-0.05, 0) is 56.6 Å². The Morgan fingerprint density at radius 3 is 2.64 bits per heavy atom. The zero-order chi connectivity index (χ0) is 10.7. The number of aryl methyl sites for hydroxylation is 1. The quantitative estimate of drug-likeness (QED) is 0.809. The molecule has 0 heterocycles. The monoisotopic (exact) mass is 213 g/mol. The van der Waals surface area contributed by atoms with Gasteiger partial charge in [0.05, 0.1) is 0 Å². The van der Waals surface area contributed by atoms with Gasteiger partial charge in [-0.1, -0.05) is 11.6 Å². The predicted octanol–water partition coefficient (Wildman–Crippen LogP) is 2.42. The highest BCUT2D eigenvalue weighted by Crippen LogP contribution is 2.30. The van der Waals surface area contributed by atoms with Crippen molar-refractivity contribution >= 4 is 11.6 Å². The Kier molecular flexibility index (Phi) is 3.78. The van der Waals surface area contributed by atoms with Crippen molar-refractivity contribution in [2.75, 3.05) is 13.6 Å². The van der Waals surface area contributed by atoms with Gasteiger partial charge in [0.15, 0.2) is 0 Å². The molecule has 3 heteroatoms. The molecule has 0 atom stereocenters. The molecule has 78 valence electrons. The van der Waals surface area contributed by atoms with Crippen molar-refractivity contribution in [1.82, 2.24) is 5.32 Å². The van der Waals surface area contributed by atoms with E-state index >= 15 is 0 Å². The largest absolute Gasteiger partial charge is 0.507 e. The summed E-state index contributed by atoms with van der Waals surface area (Å²) in [6.45, 7) is 4.62. The second kappa shape index (κ2) is 4.67. The van der Waals surface area contributed by atoms with Gasteiger partial charge in [0.25, 0.3) is 0 Å². The normalized spacial score (nSPS) is 10.6. The van der Waals surface area contributed by atoms with E-state index in [4.69, 9.17) is 11.6 Å². The molecular formula is C11H16ClNO. The van der Waals surface area contributed by atoms with Gasteiger partial charge < -0.3 is 10.4 Å². The van der Waals surface area contributed by atoms with Crippen molar-refractivity contribution in [2.24, 2.45) is 0 Å². The van der Waals surface area contributed by atoms with E-state index in [0.29, 0.717) is 5.75 Å². The van der Waals surface area contributed by atoms with Crippen LogP contribution in [-0.2, 0) is 6.42 Å². The van der Waals surface area contributed by atoms with E-state index in [-0.39, 0.29) is 0 Å². The fraction of sp³-hybridized carbons (Fsp3) is 0.455. The molecule has 0 radical (unpaired) electrons. The van der Waals surface area contributed by atoms with Crippen LogP contribution in [0.25, 0.3) is 0 Å². The summed E-state index contributed by atoms with van der Waals surface area (Å²) in [5, 5.41) is 13.5. The molecule has 0 bridgehead atoms. The third-order valence-electron chi connectivity index (χ3n) is 2.44. The van der Waals surface area contributed by atoms with Crippen molar-refractivity contribution in [3.8, 4) is 5.75 Å². The fourth-order valence-corrected chi connectivity index (χ4v) is 1.92. The fourth-order valence-electron chi connectivity index (χ4n) is 1.52. The Hall–Kier alpha value is -0.730. The van der Waals surface area contributed by atoms with Gasteiger partial charge in [-0.25, -0.2) is 0 Å². The predicted molar refractivity (Wildman–Crippen MR) is 60.2 cm³/mol. The minimum Gasteiger partial charge on any atom is -0.507 e. The molecule has 0 saturated carbocycles. The van der Waals surface area contributed by atoms with Crippen LogP contribution in [0.5, 0.6) is 5.75 Å². The number of benzene rings is 1. The molecule has 1 aromatic carbocycles. The van der Waals surface area contributed by atoms with Crippen LogP contribution < -0.4 is 5.32 Å². The summed E-state index contributed by atoms with van der Waals surface area (Å²) in [6, 6.07) is 1.81. The zero-order valence-corrected chi connectivity index (χ0v) is 9.57. The Morgan fingerprint density at radius 1 is 1.43 bits per heavy atom. The Balaban J connectivity index is 3.09. The molecule has 0 saturated heterocycles. The highest BCUT2D eigenvalue weighted by Gasteiger charge is 2.10. The van der Waals surface area contributed by atoms with Crippen LogP contribution in [-0.4, -0.2) is 18.7 Å². The first-order valence-electron chi connectivity index (χ1n) is 4.70. The van der Waals surface area contributed by atoms with Gasteiger partial charge in [0.2, 0.25) is 0 Å². The highest BCUT2D eigenvalue weighted by atomic mass is 35.5. The third kappa shape index (κ3) is 2.20. The summed E-state index contributed by atoms with van der Waals surface area (Å²) in [5.74, 6) is 0.362. The summed E-state index contributed by atoms with van der Waals surface area (Å²) >= 11 is 6.10. The lowest BCUT2D eigenvalue weighted by Gasteiger charge is -2.12. The number of nitrogens with one attached hydrogen (secondary N) is 1. The second-order valence-electron chi connectivity index (χ2n) is 3.48. The SMILES string of the molecule is CNCCc1c(Cl)cc(C)c(O)c1C. The number of hydrogen-bond donors (Lipinski definition) is 2. The van der Waals surface area contributed by atoms with Crippen molar-refractivity contribution in [2.45, 2.75) is 20.3 Å². The summed E-state index contributed by atoms with van der Waals surface area (Å²) < 4.78 is 0. The van der Waals surface area contributed by atoms with Crippen LogP contribution in [0.3, 0.4) is 0 Å². The number of likely N-dealkylation sites (N-methyl/N-ethyl adjacent to an activating group) is 1. The maximum Gasteiger partial charge on any atom is 0.121 e. The average Bonchev–Trinajstić information content (AvgIpc) is 2.14. The molecule has 2 N–H and O–H groups in total. The molecule has 2 nitrogen and oxygen atoms in total. The van der Waals surface area contributed by atoms with E-state index in [1.807, 2.05) is 27.0 Å². The highest BCUT2D eigenvalue weighted by molar-refractivity contribution is 6.31. The smallest absolute Gasteiger partial charge is 0.121 e. The molecule has 1 aromatic rings. The van der Waals surface area contributed by atoms with Crippen LogP contribution in [0.15, 0.2) is 6.07 Å². The first-order chi connectivity index (χ1) is 6.57. The number of aromatic hydroxyl groups is 1. The van der Waals surface area contributed by atoms with Gasteiger partial charge in [0.1, 0.15) is 5.75 Å². The maximum absolute atomic E-state index is 9.73. The van der Waals surface area contributed by atoms with Gasteiger partial charge in [-0.2, -0.15) is 0 Å². The lowest BCUT2D eigenvalue weighted by atomic mass is 10.0. The van der Waals surface area contributed by atoms with Crippen molar-refractivity contribution < 1.29 is 5.11 Å². The molecule has 0 spiro atoms. The maximum atomic E-state index is 9.73. The van der Waals surface area contributed by atoms with Crippen LogP contribution in [0, 0.1) is 13.8 Å². The first-order valence-corrected chi connectivity index (χ1v) is 5.08. The molecule has 0 amide bonds. The van der Waals surface area contributed by atoms with Gasteiger partial charge in [-0.3, -0.25) is 0 Å². The molecule has 1 rings (SSSR count). The van der Waals surface area contributed by atoms with Crippen LogP contribution in [0.2, 0.25) is 5.02 Å². The summed E-state index contributed by atoms with van der Waals surface area (Å²) in [4.78, 5) is 0. The Labute approximate surface area is 89.9 Å². The summed E-state index contributed by atoms with van der Waals surface area (Å²) in [7, 11) is 1.90. The van der Waals surface area contributed by atoms with Crippen molar-refractivity contribution in [1.29, 1.82) is 0 Å². The van der Waals surface area contributed by atoms with Gasteiger partial charge >= 0.3 is 0 Å². The minimum atomic E-state index is 0.362. The Bertz CT molecular complexity index is 337. The number of hydrogen-bond acceptors (Lipinski definition) is 2. The van der Waals surface area contributed by atoms with E-state index in [2.05, 4.69) is 5.32 Å². The Morgan fingerprint density at radius 2 is 2.07 bits per heavy atom. The molecule has 0 fully saturated rings. The van der Waals surface area contributed by atoms with E-state index in [9.17, 15) is 5.11 Å². The number of phenols is 1. The first kappa shape index (κ1) is 11.3. The molecule has 14 heavy (non-hydrogen) atoms. The molecule has 0 aliphatic heterocycles. The van der Waals surface area contributed by atoms with E-state index in [1.54, 1.807) is 0 Å². The summed E-state index contributed by atoms with van der Waals surface area (Å²) in [6.07, 6.45) is 0.842. The average molecular weight is 214 g/mol. The number of halogens is 1. The molecule has 0 unspecified atom stereocenters. The number of rotatable bonds is 3. The van der Waals surface area contributed by atoms with Crippen molar-refractivity contribution in [3.05, 3.63) is 27.8 Å². The second-order valence-corrected chi connectivity index (χ2v) is 3.89.